The van der Waals surface area contributed by atoms with Crippen molar-refractivity contribution in [2.24, 2.45) is 11.7 Å². The molecule has 4 atom stereocenters. The topological polar surface area (TPSA) is 72.6 Å². The van der Waals surface area contributed by atoms with Gasteiger partial charge < -0.3 is 15.6 Å². The molecule has 0 bridgehead atoms. The van der Waals surface area contributed by atoms with Gasteiger partial charge in [0.25, 0.3) is 0 Å². The summed E-state index contributed by atoms with van der Waals surface area (Å²) in [5.41, 5.74) is 5.56. The second kappa shape index (κ2) is 4.07. The highest BCUT2D eigenvalue weighted by Crippen LogP contribution is 2.26. The van der Waals surface area contributed by atoms with E-state index in [-0.39, 0.29) is 18.1 Å². The molecule has 0 amide bonds. The average Bonchev–Trinajstić information content (AvgIpc) is 2.01. The van der Waals surface area contributed by atoms with E-state index in [9.17, 15) is 4.79 Å². The number of ether oxygens (including phenoxy) is 1. The Balaban J connectivity index is 2.54. The van der Waals surface area contributed by atoms with E-state index in [1.807, 2.05) is 13.8 Å². The van der Waals surface area contributed by atoms with Crippen LogP contribution in [0, 0.1) is 5.92 Å². The van der Waals surface area contributed by atoms with E-state index in [0.29, 0.717) is 0 Å². The normalized spacial score (nSPS) is 37.0. The molecule has 4 nitrogen and oxygen atoms in total. The van der Waals surface area contributed by atoms with Gasteiger partial charge in [0.15, 0.2) is 0 Å². The molecule has 3 N–H and O–H groups in total. The van der Waals surface area contributed by atoms with Crippen molar-refractivity contribution in [2.75, 3.05) is 0 Å². The molecule has 0 saturated carbocycles. The fourth-order valence-electron chi connectivity index (χ4n) is 1.95. The van der Waals surface area contributed by atoms with E-state index in [2.05, 4.69) is 0 Å². The molecule has 0 aromatic carbocycles. The van der Waals surface area contributed by atoms with Crippen molar-refractivity contribution in [3.8, 4) is 0 Å². The maximum atomic E-state index is 10.6. The van der Waals surface area contributed by atoms with Gasteiger partial charge in [-0.2, -0.15) is 0 Å². The van der Waals surface area contributed by atoms with Crippen LogP contribution in [0.5, 0.6) is 0 Å². The van der Waals surface area contributed by atoms with Gasteiger partial charge in [0, 0.05) is 0 Å². The Morgan fingerprint density at radius 2 is 1.92 bits per heavy atom. The summed E-state index contributed by atoms with van der Waals surface area (Å²) in [6.45, 7) is 3.91. The zero-order chi connectivity index (χ0) is 10.0. The van der Waals surface area contributed by atoms with Crippen LogP contribution in [0.15, 0.2) is 0 Å². The lowest BCUT2D eigenvalue weighted by molar-refractivity contribution is -0.142. The van der Waals surface area contributed by atoms with E-state index < -0.39 is 12.0 Å². The van der Waals surface area contributed by atoms with Gasteiger partial charge in [0.2, 0.25) is 0 Å². The monoisotopic (exact) mass is 187 g/mol. The predicted molar refractivity (Wildman–Crippen MR) is 48.3 cm³/mol. The van der Waals surface area contributed by atoms with Crippen molar-refractivity contribution >= 4 is 5.97 Å². The predicted octanol–water partition coefficient (Wildman–Crippen LogP) is 0.602. The molecule has 1 aliphatic rings. The summed E-state index contributed by atoms with van der Waals surface area (Å²) in [7, 11) is 0. The van der Waals surface area contributed by atoms with E-state index in [1.165, 1.54) is 0 Å². The molecule has 1 fully saturated rings. The van der Waals surface area contributed by atoms with Gasteiger partial charge >= 0.3 is 5.97 Å². The Morgan fingerprint density at radius 1 is 1.46 bits per heavy atom. The summed E-state index contributed by atoms with van der Waals surface area (Å²) in [6.07, 6.45) is 1.74. The lowest BCUT2D eigenvalue weighted by atomic mass is 9.87. The van der Waals surface area contributed by atoms with Crippen LogP contribution >= 0.6 is 0 Å². The number of carboxylic acids is 1. The van der Waals surface area contributed by atoms with Crippen LogP contribution in [-0.4, -0.2) is 29.3 Å². The van der Waals surface area contributed by atoms with Crippen LogP contribution in [0.25, 0.3) is 0 Å². The first kappa shape index (κ1) is 10.5. The van der Waals surface area contributed by atoms with Crippen LogP contribution in [0.1, 0.15) is 26.7 Å². The average molecular weight is 187 g/mol. The van der Waals surface area contributed by atoms with E-state index in [1.54, 1.807) is 0 Å². The number of carbonyl (C=O) groups is 1. The van der Waals surface area contributed by atoms with Gasteiger partial charge in [0.1, 0.15) is 6.04 Å². The highest BCUT2D eigenvalue weighted by molar-refractivity contribution is 5.73. The van der Waals surface area contributed by atoms with Gasteiger partial charge in [-0.15, -0.1) is 0 Å². The molecule has 1 unspecified atom stereocenters. The summed E-state index contributed by atoms with van der Waals surface area (Å²) < 4.78 is 5.50. The molecule has 1 rings (SSSR count). The molecule has 76 valence electrons. The highest BCUT2D eigenvalue weighted by Gasteiger charge is 2.31. The SMILES string of the molecule is C[C@@H]1CC([C@H](N)C(=O)O)C[C@H](C)O1. The summed E-state index contributed by atoms with van der Waals surface area (Å²) in [4.78, 5) is 10.6. The summed E-state index contributed by atoms with van der Waals surface area (Å²) in [6, 6.07) is -0.742. The number of carboxylic acid groups (broad SMARTS) is 1. The Bertz CT molecular complexity index is 185. The van der Waals surface area contributed by atoms with Crippen molar-refractivity contribution < 1.29 is 14.6 Å². The minimum Gasteiger partial charge on any atom is -0.480 e. The minimum atomic E-state index is -0.911. The Kier molecular flexibility index (Phi) is 3.27. The van der Waals surface area contributed by atoms with Crippen molar-refractivity contribution in [1.82, 2.24) is 0 Å². The molecular formula is C9H17NO3. The second-order valence-electron chi connectivity index (χ2n) is 3.85. The molecule has 1 saturated heterocycles. The fourth-order valence-corrected chi connectivity index (χ4v) is 1.95. The zero-order valence-electron chi connectivity index (χ0n) is 8.06. The van der Waals surface area contributed by atoms with Crippen molar-refractivity contribution in [3.63, 3.8) is 0 Å². The number of hydrogen-bond donors (Lipinski definition) is 2. The third kappa shape index (κ3) is 2.67. The second-order valence-corrected chi connectivity index (χ2v) is 3.85. The molecule has 0 aliphatic carbocycles. The maximum absolute atomic E-state index is 10.6. The first-order valence-corrected chi connectivity index (χ1v) is 4.64. The standard InChI is InChI=1S/C9H17NO3/c1-5-3-7(4-6(2)13-5)8(10)9(11)12/h5-8H,3-4,10H2,1-2H3,(H,11,12)/t5-,6+,7?,8-/m0/s1. The fraction of sp³-hybridized carbons (Fsp3) is 0.889. The molecule has 0 aromatic rings. The van der Waals surface area contributed by atoms with Crippen molar-refractivity contribution in [3.05, 3.63) is 0 Å². The quantitative estimate of drug-likeness (QED) is 0.664. The molecule has 1 heterocycles. The minimum absolute atomic E-state index is 0.0521. The van der Waals surface area contributed by atoms with Gasteiger partial charge in [-0.25, -0.2) is 0 Å². The number of rotatable bonds is 2. The van der Waals surface area contributed by atoms with E-state index in [0.717, 1.165) is 12.8 Å². The van der Waals surface area contributed by atoms with E-state index >= 15 is 0 Å². The summed E-state index contributed by atoms with van der Waals surface area (Å²) in [5.74, 6) is -0.859. The smallest absolute Gasteiger partial charge is 0.320 e. The summed E-state index contributed by atoms with van der Waals surface area (Å²) in [5, 5.41) is 8.74. The molecule has 0 spiro atoms. The van der Waals surface area contributed by atoms with Crippen LogP contribution in [-0.2, 0) is 9.53 Å². The summed E-state index contributed by atoms with van der Waals surface area (Å²) >= 11 is 0. The molecule has 13 heavy (non-hydrogen) atoms. The van der Waals surface area contributed by atoms with Gasteiger partial charge in [0.05, 0.1) is 12.2 Å². The van der Waals surface area contributed by atoms with Crippen molar-refractivity contribution in [2.45, 2.75) is 44.9 Å². The van der Waals surface area contributed by atoms with Crippen LogP contribution in [0.2, 0.25) is 0 Å². The third-order valence-corrected chi connectivity index (χ3v) is 2.53. The van der Waals surface area contributed by atoms with Crippen molar-refractivity contribution in [1.29, 1.82) is 0 Å². The number of hydrogen-bond acceptors (Lipinski definition) is 3. The Labute approximate surface area is 78.1 Å². The largest absolute Gasteiger partial charge is 0.480 e. The third-order valence-electron chi connectivity index (χ3n) is 2.53. The van der Waals surface area contributed by atoms with Crippen LogP contribution in [0.3, 0.4) is 0 Å². The molecule has 0 aromatic heterocycles. The van der Waals surface area contributed by atoms with Gasteiger partial charge in [-0.1, -0.05) is 0 Å². The van der Waals surface area contributed by atoms with Gasteiger partial charge in [-0.05, 0) is 32.6 Å². The van der Waals surface area contributed by atoms with E-state index in [4.69, 9.17) is 15.6 Å². The lowest BCUT2D eigenvalue weighted by Gasteiger charge is -2.33. The molecule has 4 heteroatoms. The molecule has 0 radical (unpaired) electrons. The Hall–Kier alpha value is -0.610. The first-order chi connectivity index (χ1) is 6.00. The zero-order valence-corrected chi connectivity index (χ0v) is 8.06. The van der Waals surface area contributed by atoms with Crippen LogP contribution in [0.4, 0.5) is 0 Å². The number of aliphatic carboxylic acids is 1. The Morgan fingerprint density at radius 3 is 2.31 bits per heavy atom. The first-order valence-electron chi connectivity index (χ1n) is 4.64. The molecule has 1 aliphatic heterocycles. The maximum Gasteiger partial charge on any atom is 0.320 e. The lowest BCUT2D eigenvalue weighted by Crippen LogP contribution is -2.44. The van der Waals surface area contributed by atoms with Crippen LogP contribution < -0.4 is 5.73 Å². The number of nitrogens with two attached hydrogens (primary N) is 1. The highest BCUT2D eigenvalue weighted by atomic mass is 16.5. The molecular weight excluding hydrogens is 170 g/mol. The van der Waals surface area contributed by atoms with Gasteiger partial charge in [-0.3, -0.25) is 4.79 Å².